The fraction of sp³-hybridized carbons (Fsp3) is 0.286. The van der Waals surface area contributed by atoms with Crippen LogP contribution in [0.5, 0.6) is 0 Å². The lowest BCUT2D eigenvalue weighted by Crippen LogP contribution is -1.97. The Morgan fingerprint density at radius 2 is 2.46 bits per heavy atom. The van der Waals surface area contributed by atoms with Crippen molar-refractivity contribution in [3.63, 3.8) is 0 Å². The van der Waals surface area contributed by atoms with Crippen LogP contribution < -0.4 is 0 Å². The number of aromatic nitrogens is 2. The van der Waals surface area contributed by atoms with Crippen LogP contribution in [-0.2, 0) is 6.54 Å². The van der Waals surface area contributed by atoms with Crippen molar-refractivity contribution >= 4 is 5.82 Å². The smallest absolute Gasteiger partial charge is 0.384 e. The minimum absolute atomic E-state index is 0.203. The molecule has 0 bridgehead atoms. The molecule has 1 N–H and O–H groups in total. The highest BCUT2D eigenvalue weighted by Crippen LogP contribution is 2.04. The van der Waals surface area contributed by atoms with Crippen LogP contribution in [0.1, 0.15) is 0 Å². The van der Waals surface area contributed by atoms with Crippen molar-refractivity contribution in [3.8, 4) is 11.8 Å². The summed E-state index contributed by atoms with van der Waals surface area (Å²) in [5.74, 6) is 4.79. The molecule has 6 heteroatoms. The summed E-state index contributed by atoms with van der Waals surface area (Å²) in [6, 6.07) is 1.29. The molecular formula is C7H7N3O3. The number of rotatable bonds is 2. The molecule has 0 aromatic carbocycles. The largest absolute Gasteiger partial charge is 0.389 e. The van der Waals surface area contributed by atoms with Gasteiger partial charge >= 0.3 is 5.82 Å². The lowest BCUT2D eigenvalue weighted by molar-refractivity contribution is -0.389. The van der Waals surface area contributed by atoms with Gasteiger partial charge in [0.1, 0.15) is 13.2 Å². The standard InChI is InChI=1S/C7H7N3O3/c11-6-2-1-4-9-5-3-7(8-9)10(12)13/h3,5,11H,4,6H2. The van der Waals surface area contributed by atoms with Gasteiger partial charge in [0.15, 0.2) is 0 Å². The molecule has 0 aliphatic heterocycles. The Morgan fingerprint density at radius 1 is 1.69 bits per heavy atom. The number of hydrogen-bond donors (Lipinski definition) is 1. The van der Waals surface area contributed by atoms with Gasteiger partial charge in [0.25, 0.3) is 0 Å². The first-order chi connectivity index (χ1) is 6.24. The molecule has 0 fully saturated rings. The number of nitrogens with zero attached hydrogens (tertiary/aromatic N) is 3. The maximum atomic E-state index is 10.2. The van der Waals surface area contributed by atoms with Gasteiger partial charge in [0, 0.05) is 0 Å². The normalized spacial score (nSPS) is 9.00. The number of aliphatic hydroxyl groups excluding tert-OH is 1. The van der Waals surface area contributed by atoms with Crippen LogP contribution in [0.4, 0.5) is 5.82 Å². The lowest BCUT2D eigenvalue weighted by atomic mass is 10.6. The van der Waals surface area contributed by atoms with Crippen molar-refractivity contribution in [3.05, 3.63) is 22.4 Å². The molecule has 6 nitrogen and oxygen atoms in total. The molecule has 0 atom stereocenters. The van der Waals surface area contributed by atoms with Crippen LogP contribution in [0.25, 0.3) is 0 Å². The molecule has 0 aliphatic rings. The van der Waals surface area contributed by atoms with E-state index < -0.39 is 4.92 Å². The summed E-state index contributed by atoms with van der Waals surface area (Å²) in [6.45, 7) is 0.0256. The predicted octanol–water partition coefficient (Wildman–Crippen LogP) is -0.213. The monoisotopic (exact) mass is 181 g/mol. The summed E-state index contributed by atoms with van der Waals surface area (Å²) in [5, 5.41) is 22.1. The maximum absolute atomic E-state index is 10.2. The van der Waals surface area contributed by atoms with Gasteiger partial charge in [-0.15, -0.1) is 0 Å². The van der Waals surface area contributed by atoms with E-state index in [9.17, 15) is 10.1 Å². The van der Waals surface area contributed by atoms with E-state index in [4.69, 9.17) is 5.11 Å². The fourth-order valence-electron chi connectivity index (χ4n) is 0.729. The average molecular weight is 181 g/mol. The van der Waals surface area contributed by atoms with Crippen molar-refractivity contribution < 1.29 is 10.0 Å². The molecule has 13 heavy (non-hydrogen) atoms. The van der Waals surface area contributed by atoms with E-state index in [1.54, 1.807) is 0 Å². The van der Waals surface area contributed by atoms with Crippen LogP contribution in [0.2, 0.25) is 0 Å². The first-order valence-electron chi connectivity index (χ1n) is 3.48. The first-order valence-corrected chi connectivity index (χ1v) is 3.48. The van der Waals surface area contributed by atoms with Crippen LogP contribution >= 0.6 is 0 Å². The van der Waals surface area contributed by atoms with E-state index in [1.165, 1.54) is 16.9 Å². The number of aliphatic hydroxyl groups is 1. The third-order valence-electron chi connectivity index (χ3n) is 1.26. The molecule has 0 radical (unpaired) electrons. The van der Waals surface area contributed by atoms with E-state index in [0.717, 1.165) is 0 Å². The highest BCUT2D eigenvalue weighted by Gasteiger charge is 2.08. The Labute approximate surface area is 73.9 Å². The highest BCUT2D eigenvalue weighted by atomic mass is 16.6. The van der Waals surface area contributed by atoms with Crippen molar-refractivity contribution in [2.45, 2.75) is 6.54 Å². The van der Waals surface area contributed by atoms with Gasteiger partial charge in [-0.3, -0.25) is 0 Å². The summed E-state index contributed by atoms with van der Waals surface area (Å²) >= 11 is 0. The Bertz CT molecular complexity index is 361. The minimum atomic E-state index is -0.573. The molecule has 0 unspecified atom stereocenters. The highest BCUT2D eigenvalue weighted by molar-refractivity contribution is 5.14. The Hall–Kier alpha value is -1.87. The van der Waals surface area contributed by atoms with E-state index >= 15 is 0 Å². The van der Waals surface area contributed by atoms with Crippen LogP contribution in [0.15, 0.2) is 12.3 Å². The summed E-state index contributed by atoms with van der Waals surface area (Å²) in [6.07, 6.45) is 1.46. The van der Waals surface area contributed by atoms with Crippen LogP contribution in [0.3, 0.4) is 0 Å². The molecule has 1 heterocycles. The second-order valence-corrected chi connectivity index (χ2v) is 2.14. The third-order valence-corrected chi connectivity index (χ3v) is 1.26. The van der Waals surface area contributed by atoms with Crippen molar-refractivity contribution in [1.82, 2.24) is 9.78 Å². The molecule has 1 aromatic rings. The zero-order valence-corrected chi connectivity index (χ0v) is 6.67. The summed E-state index contributed by atoms with van der Waals surface area (Å²) in [5.41, 5.74) is 0. The van der Waals surface area contributed by atoms with E-state index in [1.807, 2.05) is 0 Å². The fourth-order valence-corrected chi connectivity index (χ4v) is 0.729. The van der Waals surface area contributed by atoms with E-state index in [2.05, 4.69) is 16.9 Å². The molecule has 1 aromatic heterocycles. The summed E-state index contributed by atoms with van der Waals surface area (Å²) in [7, 11) is 0. The Morgan fingerprint density at radius 3 is 3.00 bits per heavy atom. The van der Waals surface area contributed by atoms with E-state index in [0.29, 0.717) is 0 Å². The topological polar surface area (TPSA) is 81.2 Å². The van der Waals surface area contributed by atoms with Gasteiger partial charge < -0.3 is 15.2 Å². The van der Waals surface area contributed by atoms with Gasteiger partial charge in [0.05, 0.1) is 17.4 Å². The molecule has 0 saturated carbocycles. The van der Waals surface area contributed by atoms with Gasteiger partial charge in [-0.05, 0) is 4.92 Å². The number of hydrogen-bond acceptors (Lipinski definition) is 4. The van der Waals surface area contributed by atoms with Crippen LogP contribution in [0, 0.1) is 22.0 Å². The van der Waals surface area contributed by atoms with E-state index in [-0.39, 0.29) is 19.0 Å². The lowest BCUT2D eigenvalue weighted by Gasteiger charge is -1.85. The van der Waals surface area contributed by atoms with Crippen molar-refractivity contribution in [2.75, 3.05) is 6.61 Å². The molecule has 0 amide bonds. The predicted molar refractivity (Wildman–Crippen MR) is 43.7 cm³/mol. The number of nitro groups is 1. The van der Waals surface area contributed by atoms with Crippen LogP contribution in [-0.4, -0.2) is 26.4 Å². The summed E-state index contributed by atoms with van der Waals surface area (Å²) < 4.78 is 1.33. The maximum Gasteiger partial charge on any atom is 0.389 e. The SMILES string of the molecule is O=[N+]([O-])c1ccn(CC#CCO)n1. The Kier molecular flexibility index (Phi) is 3.00. The molecule has 68 valence electrons. The van der Waals surface area contributed by atoms with Gasteiger partial charge in [-0.1, -0.05) is 11.8 Å². The molecular weight excluding hydrogens is 174 g/mol. The zero-order chi connectivity index (χ0) is 9.68. The van der Waals surface area contributed by atoms with Gasteiger partial charge in [-0.2, -0.15) is 4.68 Å². The first kappa shape index (κ1) is 9.22. The average Bonchev–Trinajstić information content (AvgIpc) is 2.53. The van der Waals surface area contributed by atoms with Gasteiger partial charge in [0.2, 0.25) is 0 Å². The van der Waals surface area contributed by atoms with Crippen molar-refractivity contribution in [2.24, 2.45) is 0 Å². The van der Waals surface area contributed by atoms with Gasteiger partial charge in [-0.25, -0.2) is 0 Å². The second kappa shape index (κ2) is 4.23. The summed E-state index contributed by atoms with van der Waals surface area (Å²) in [4.78, 5) is 9.62. The minimum Gasteiger partial charge on any atom is -0.384 e. The molecule has 1 rings (SSSR count). The Balaban J connectivity index is 2.64. The third kappa shape index (κ3) is 2.57. The molecule has 0 spiro atoms. The second-order valence-electron chi connectivity index (χ2n) is 2.14. The zero-order valence-electron chi connectivity index (χ0n) is 6.67. The molecule has 0 aliphatic carbocycles. The van der Waals surface area contributed by atoms with Crippen molar-refractivity contribution in [1.29, 1.82) is 0 Å². The molecule has 0 saturated heterocycles. The quantitative estimate of drug-likeness (QED) is 0.388.